The van der Waals surface area contributed by atoms with E-state index < -0.39 is 0 Å². The summed E-state index contributed by atoms with van der Waals surface area (Å²) in [7, 11) is 4.02. The van der Waals surface area contributed by atoms with Crippen molar-refractivity contribution in [3.05, 3.63) is 59.1 Å². The third kappa shape index (κ3) is 4.36. The number of aliphatic imine (C=N–C) groups is 1. The van der Waals surface area contributed by atoms with E-state index in [4.69, 9.17) is 11.6 Å². The first-order valence-electron chi connectivity index (χ1n) is 6.53. The third-order valence-corrected chi connectivity index (χ3v) is 3.17. The van der Waals surface area contributed by atoms with E-state index in [2.05, 4.69) is 22.0 Å². The van der Waals surface area contributed by atoms with Gasteiger partial charge in [0.15, 0.2) is 0 Å². The lowest BCUT2D eigenvalue weighted by molar-refractivity contribution is 0.477. The van der Waals surface area contributed by atoms with E-state index in [-0.39, 0.29) is 5.75 Å². The van der Waals surface area contributed by atoms with Crippen molar-refractivity contribution >= 4 is 35.3 Å². The quantitative estimate of drug-likeness (QED) is 0.842. The van der Waals surface area contributed by atoms with Crippen molar-refractivity contribution in [2.24, 2.45) is 4.99 Å². The number of allylic oxidation sites excluding steroid dienone is 1. The van der Waals surface area contributed by atoms with E-state index in [1.807, 2.05) is 38.4 Å². The molecule has 0 aromatic heterocycles. The van der Waals surface area contributed by atoms with E-state index in [0.717, 1.165) is 11.3 Å². The second kappa shape index (κ2) is 6.95. The van der Waals surface area contributed by atoms with Crippen LogP contribution < -0.4 is 4.90 Å². The first-order valence-corrected chi connectivity index (χ1v) is 6.91. The maximum absolute atomic E-state index is 9.66. The van der Waals surface area contributed by atoms with Gasteiger partial charge in [0.05, 0.1) is 0 Å². The van der Waals surface area contributed by atoms with Crippen molar-refractivity contribution in [1.82, 2.24) is 0 Å². The highest BCUT2D eigenvalue weighted by Gasteiger charge is 1.98. The zero-order chi connectivity index (χ0) is 15.2. The van der Waals surface area contributed by atoms with Crippen LogP contribution in [0.2, 0.25) is 5.02 Å². The monoisotopic (exact) mass is 300 g/mol. The lowest BCUT2D eigenvalue weighted by Gasteiger charge is -2.11. The summed E-state index contributed by atoms with van der Waals surface area (Å²) in [5.74, 6) is 0.0717. The molecule has 0 aliphatic rings. The van der Waals surface area contributed by atoms with Crippen LogP contribution in [-0.4, -0.2) is 25.4 Å². The van der Waals surface area contributed by atoms with Gasteiger partial charge in [-0.25, -0.2) is 0 Å². The Kier molecular flexibility index (Phi) is 5.01. The van der Waals surface area contributed by atoms with E-state index in [9.17, 15) is 5.11 Å². The Morgan fingerprint density at radius 2 is 1.81 bits per heavy atom. The van der Waals surface area contributed by atoms with Crippen molar-refractivity contribution in [2.75, 3.05) is 19.0 Å². The lowest BCUT2D eigenvalue weighted by atomic mass is 10.2. The van der Waals surface area contributed by atoms with Gasteiger partial charge in [0.25, 0.3) is 0 Å². The summed E-state index contributed by atoms with van der Waals surface area (Å²) in [6.07, 6.45) is 5.43. The van der Waals surface area contributed by atoms with Crippen molar-refractivity contribution in [3.8, 4) is 5.75 Å². The predicted octanol–water partition coefficient (Wildman–Crippen LogP) is 4.53. The number of anilines is 1. The number of hydrogen-bond acceptors (Lipinski definition) is 3. The minimum absolute atomic E-state index is 0.0717. The Balaban J connectivity index is 2.03. The van der Waals surface area contributed by atoms with Crippen LogP contribution in [0, 0.1) is 0 Å². The van der Waals surface area contributed by atoms with Gasteiger partial charge in [-0.1, -0.05) is 29.8 Å². The molecule has 0 unspecified atom stereocenters. The number of halogens is 1. The van der Waals surface area contributed by atoms with Gasteiger partial charge < -0.3 is 10.0 Å². The van der Waals surface area contributed by atoms with Gasteiger partial charge in [-0.05, 0) is 35.9 Å². The van der Waals surface area contributed by atoms with Gasteiger partial charge in [-0.15, -0.1) is 0 Å². The number of aromatic hydroxyl groups is 1. The van der Waals surface area contributed by atoms with Crippen LogP contribution in [0.25, 0.3) is 6.08 Å². The fourth-order valence-electron chi connectivity index (χ4n) is 1.77. The molecule has 108 valence electrons. The van der Waals surface area contributed by atoms with Crippen molar-refractivity contribution in [2.45, 2.75) is 0 Å². The predicted molar refractivity (Wildman–Crippen MR) is 91.1 cm³/mol. The smallest absolute Gasteiger partial charge is 0.142 e. The number of phenolic OH excluding ortho intramolecular Hbond substituents is 1. The zero-order valence-electron chi connectivity index (χ0n) is 12.0. The maximum atomic E-state index is 9.66. The summed E-state index contributed by atoms with van der Waals surface area (Å²) in [6.45, 7) is 0. The summed E-state index contributed by atoms with van der Waals surface area (Å²) in [6, 6.07) is 13.0. The minimum Gasteiger partial charge on any atom is -0.506 e. The molecule has 2 aromatic carbocycles. The van der Waals surface area contributed by atoms with Crippen molar-refractivity contribution in [3.63, 3.8) is 0 Å². The molecule has 4 heteroatoms. The molecule has 2 rings (SSSR count). The molecule has 0 saturated heterocycles. The largest absolute Gasteiger partial charge is 0.506 e. The highest BCUT2D eigenvalue weighted by Crippen LogP contribution is 2.28. The van der Waals surface area contributed by atoms with Gasteiger partial charge >= 0.3 is 0 Å². The Morgan fingerprint density at radius 3 is 2.43 bits per heavy atom. The van der Waals surface area contributed by atoms with Gasteiger partial charge in [0.1, 0.15) is 11.4 Å². The highest BCUT2D eigenvalue weighted by atomic mass is 35.5. The topological polar surface area (TPSA) is 35.8 Å². The van der Waals surface area contributed by atoms with Crippen LogP contribution in [0.1, 0.15) is 5.56 Å². The zero-order valence-corrected chi connectivity index (χ0v) is 12.7. The van der Waals surface area contributed by atoms with E-state index in [1.165, 1.54) is 6.07 Å². The summed E-state index contributed by atoms with van der Waals surface area (Å²) >= 11 is 5.76. The number of nitrogens with zero attached hydrogens (tertiary/aromatic N) is 2. The van der Waals surface area contributed by atoms with Gasteiger partial charge in [0, 0.05) is 37.1 Å². The van der Waals surface area contributed by atoms with E-state index >= 15 is 0 Å². The number of benzene rings is 2. The number of rotatable bonds is 4. The first kappa shape index (κ1) is 15.1. The molecule has 0 aliphatic heterocycles. The summed E-state index contributed by atoms with van der Waals surface area (Å²) < 4.78 is 0. The molecule has 0 fully saturated rings. The van der Waals surface area contributed by atoms with E-state index in [0.29, 0.717) is 10.7 Å². The Hall–Kier alpha value is -2.26. The molecule has 0 radical (unpaired) electrons. The standard InChI is InChI=1S/C17H17ClN2O/c1-20(2)15-8-5-13(6-9-15)4-3-11-19-16-10-7-14(18)12-17(16)21/h3-12,21H,1-2H3/b4-3+,19-11+. The molecular weight excluding hydrogens is 284 g/mol. The molecule has 1 N–H and O–H groups in total. The summed E-state index contributed by atoms with van der Waals surface area (Å²) in [5, 5.41) is 10.2. The Bertz CT molecular complexity index is 661. The second-order valence-corrected chi connectivity index (χ2v) is 5.19. The van der Waals surface area contributed by atoms with Gasteiger partial charge in [-0.2, -0.15) is 0 Å². The van der Waals surface area contributed by atoms with Crippen molar-refractivity contribution < 1.29 is 5.11 Å². The molecule has 0 aliphatic carbocycles. The second-order valence-electron chi connectivity index (χ2n) is 4.76. The molecule has 0 bridgehead atoms. The molecule has 3 nitrogen and oxygen atoms in total. The fourth-order valence-corrected chi connectivity index (χ4v) is 1.93. The molecule has 0 spiro atoms. The fraction of sp³-hybridized carbons (Fsp3) is 0.118. The van der Waals surface area contributed by atoms with Crippen LogP contribution in [0.15, 0.2) is 53.5 Å². The molecule has 0 heterocycles. The SMILES string of the molecule is CN(C)c1ccc(/C=C/C=N/c2ccc(Cl)cc2O)cc1. The van der Waals surface area contributed by atoms with E-state index in [1.54, 1.807) is 18.3 Å². The number of phenols is 1. The van der Waals surface area contributed by atoms with Gasteiger partial charge in [-0.3, -0.25) is 4.99 Å². The van der Waals surface area contributed by atoms with Gasteiger partial charge in [0.2, 0.25) is 0 Å². The van der Waals surface area contributed by atoms with Crippen LogP contribution in [0.5, 0.6) is 5.75 Å². The molecule has 21 heavy (non-hydrogen) atoms. The normalized spacial score (nSPS) is 11.4. The Labute approximate surface area is 129 Å². The molecular formula is C17H17ClN2O. The number of hydrogen-bond donors (Lipinski definition) is 1. The summed E-state index contributed by atoms with van der Waals surface area (Å²) in [5.41, 5.74) is 2.74. The molecule has 0 atom stereocenters. The minimum atomic E-state index is 0.0717. The van der Waals surface area contributed by atoms with Crippen LogP contribution >= 0.6 is 11.6 Å². The average Bonchev–Trinajstić information content (AvgIpc) is 2.46. The lowest BCUT2D eigenvalue weighted by Crippen LogP contribution is -2.07. The van der Waals surface area contributed by atoms with Crippen LogP contribution in [-0.2, 0) is 0 Å². The molecule has 0 saturated carbocycles. The highest BCUT2D eigenvalue weighted by molar-refractivity contribution is 6.30. The summed E-state index contributed by atoms with van der Waals surface area (Å²) in [4.78, 5) is 6.23. The van der Waals surface area contributed by atoms with Crippen LogP contribution in [0.3, 0.4) is 0 Å². The third-order valence-electron chi connectivity index (χ3n) is 2.94. The maximum Gasteiger partial charge on any atom is 0.142 e. The van der Waals surface area contributed by atoms with Crippen molar-refractivity contribution in [1.29, 1.82) is 0 Å². The first-order chi connectivity index (χ1) is 10.1. The molecule has 0 amide bonds. The van der Waals surface area contributed by atoms with Crippen LogP contribution in [0.4, 0.5) is 11.4 Å². The molecule has 2 aromatic rings. The Morgan fingerprint density at radius 1 is 1.10 bits per heavy atom. The average molecular weight is 301 g/mol.